The molecule has 4 rings (SSSR count). The molecule has 0 amide bonds. The zero-order chi connectivity index (χ0) is 23.3. The van der Waals surface area contributed by atoms with Crippen LogP contribution in [-0.4, -0.2) is 62.7 Å². The molecule has 0 bridgehead atoms. The van der Waals surface area contributed by atoms with Crippen molar-refractivity contribution < 1.29 is 13.2 Å². The number of ketones is 1. The summed E-state index contributed by atoms with van der Waals surface area (Å²) in [6, 6.07) is 11.0. The lowest BCUT2D eigenvalue weighted by molar-refractivity contribution is 0.0984. The minimum absolute atomic E-state index is 0.0807. The molecule has 180 valence electrons. The minimum Gasteiger partial charge on any atom is -0.308 e. The molecule has 8 heteroatoms. The summed E-state index contributed by atoms with van der Waals surface area (Å²) in [5, 5.41) is 5.45. The van der Waals surface area contributed by atoms with Gasteiger partial charge in [-0.05, 0) is 68.3 Å². The van der Waals surface area contributed by atoms with Crippen molar-refractivity contribution in [2.24, 2.45) is 5.92 Å². The van der Waals surface area contributed by atoms with E-state index in [1.54, 1.807) is 39.9 Å². The molecule has 2 aromatic rings. The maximum atomic E-state index is 13.1. The summed E-state index contributed by atoms with van der Waals surface area (Å²) >= 11 is 1.76. The fourth-order valence-electron chi connectivity index (χ4n) is 4.75. The van der Waals surface area contributed by atoms with Crippen LogP contribution in [0, 0.1) is 5.92 Å². The maximum absolute atomic E-state index is 13.1. The van der Waals surface area contributed by atoms with Crippen LogP contribution in [0.2, 0.25) is 0 Å². The van der Waals surface area contributed by atoms with Gasteiger partial charge in [-0.3, -0.25) is 9.69 Å². The van der Waals surface area contributed by atoms with Crippen LogP contribution >= 0.6 is 11.3 Å². The second-order valence-corrected chi connectivity index (χ2v) is 12.2. The van der Waals surface area contributed by atoms with Gasteiger partial charge in [0.25, 0.3) is 0 Å². The Morgan fingerprint density at radius 3 is 2.55 bits per heavy atom. The van der Waals surface area contributed by atoms with Gasteiger partial charge in [-0.2, -0.15) is 4.31 Å². The highest BCUT2D eigenvalue weighted by Crippen LogP contribution is 2.28. The van der Waals surface area contributed by atoms with E-state index in [-0.39, 0.29) is 23.3 Å². The van der Waals surface area contributed by atoms with Crippen LogP contribution in [0.4, 0.5) is 0 Å². The Labute approximate surface area is 202 Å². The normalized spacial score (nSPS) is 20.0. The van der Waals surface area contributed by atoms with Crippen molar-refractivity contribution in [1.82, 2.24) is 14.5 Å². The Morgan fingerprint density at radius 1 is 1.09 bits per heavy atom. The number of thiophene rings is 1. The number of rotatable bonds is 9. The van der Waals surface area contributed by atoms with Crippen LogP contribution in [0.1, 0.15) is 60.3 Å². The van der Waals surface area contributed by atoms with Gasteiger partial charge in [-0.1, -0.05) is 31.5 Å². The number of nitrogens with zero attached hydrogens (tertiary/aromatic N) is 2. The van der Waals surface area contributed by atoms with Crippen LogP contribution < -0.4 is 5.32 Å². The zero-order valence-corrected chi connectivity index (χ0v) is 21.0. The molecule has 2 saturated heterocycles. The highest BCUT2D eigenvalue weighted by atomic mass is 32.2. The predicted octanol–water partition coefficient (Wildman–Crippen LogP) is 4.17. The summed E-state index contributed by atoms with van der Waals surface area (Å²) in [6.07, 6.45) is 5.49. The first-order valence-corrected chi connectivity index (χ1v) is 14.4. The topological polar surface area (TPSA) is 69.7 Å². The number of sulfonamides is 1. The molecular formula is C25H35N3O3S2. The molecule has 2 aliphatic rings. The van der Waals surface area contributed by atoms with E-state index in [0.717, 1.165) is 25.9 Å². The lowest BCUT2D eigenvalue weighted by Gasteiger charge is -2.34. The van der Waals surface area contributed by atoms with E-state index in [4.69, 9.17) is 0 Å². The van der Waals surface area contributed by atoms with Crippen molar-refractivity contribution in [3.8, 4) is 0 Å². The molecule has 0 aliphatic carbocycles. The molecule has 2 aliphatic heterocycles. The van der Waals surface area contributed by atoms with Crippen LogP contribution in [0.5, 0.6) is 0 Å². The lowest BCUT2D eigenvalue weighted by Crippen LogP contribution is -2.40. The maximum Gasteiger partial charge on any atom is 0.243 e. The molecule has 0 radical (unpaired) electrons. The second kappa shape index (κ2) is 11.2. The number of carbonyl (C=O) groups is 1. The molecule has 2 fully saturated rings. The van der Waals surface area contributed by atoms with E-state index in [0.29, 0.717) is 31.1 Å². The summed E-state index contributed by atoms with van der Waals surface area (Å²) in [5.74, 6) is 0.473. The number of carbonyl (C=O) groups excluding carboxylic acids is 1. The Bertz CT molecular complexity index is 1010. The van der Waals surface area contributed by atoms with Crippen molar-refractivity contribution in [2.75, 3.05) is 39.3 Å². The number of Topliss-reactive ketones (excluding diaryl/α,β-unsaturated/α-hetero) is 1. The molecular weight excluding hydrogens is 454 g/mol. The van der Waals surface area contributed by atoms with Gasteiger partial charge in [0.15, 0.2) is 5.78 Å². The first kappa shape index (κ1) is 24.5. The average Bonchev–Trinajstić information content (AvgIpc) is 3.37. The van der Waals surface area contributed by atoms with Crippen LogP contribution in [0.15, 0.2) is 46.7 Å². The lowest BCUT2D eigenvalue weighted by atomic mass is 10.0. The van der Waals surface area contributed by atoms with E-state index in [9.17, 15) is 13.2 Å². The smallest absolute Gasteiger partial charge is 0.243 e. The zero-order valence-electron chi connectivity index (χ0n) is 19.4. The summed E-state index contributed by atoms with van der Waals surface area (Å²) in [7, 11) is -3.56. The van der Waals surface area contributed by atoms with Gasteiger partial charge < -0.3 is 5.32 Å². The minimum atomic E-state index is -3.56. The van der Waals surface area contributed by atoms with Crippen LogP contribution in [0.25, 0.3) is 0 Å². The number of hydrogen-bond acceptors (Lipinski definition) is 6. The van der Waals surface area contributed by atoms with Gasteiger partial charge in [0.05, 0.1) is 17.5 Å². The quantitative estimate of drug-likeness (QED) is 0.536. The molecule has 33 heavy (non-hydrogen) atoms. The molecule has 1 aromatic heterocycles. The molecule has 1 atom stereocenters. The van der Waals surface area contributed by atoms with Gasteiger partial charge in [-0.25, -0.2) is 8.42 Å². The Morgan fingerprint density at radius 2 is 1.85 bits per heavy atom. The molecule has 0 spiro atoms. The predicted molar refractivity (Wildman–Crippen MR) is 133 cm³/mol. The van der Waals surface area contributed by atoms with Crippen molar-refractivity contribution in [3.05, 3.63) is 52.2 Å². The third-order valence-electron chi connectivity index (χ3n) is 6.86. The highest BCUT2D eigenvalue weighted by Gasteiger charge is 2.28. The second-order valence-electron chi connectivity index (χ2n) is 9.30. The van der Waals surface area contributed by atoms with Crippen molar-refractivity contribution >= 4 is 27.1 Å². The van der Waals surface area contributed by atoms with Crippen molar-refractivity contribution in [1.29, 1.82) is 0 Å². The monoisotopic (exact) mass is 489 g/mol. The largest absolute Gasteiger partial charge is 0.308 e. The van der Waals surface area contributed by atoms with Gasteiger partial charge >= 0.3 is 0 Å². The number of likely N-dealkylation sites (tertiary alicyclic amines) is 1. The Kier molecular flexibility index (Phi) is 8.35. The van der Waals surface area contributed by atoms with E-state index in [1.165, 1.54) is 24.1 Å². The van der Waals surface area contributed by atoms with E-state index >= 15 is 0 Å². The SMILES string of the molecule is CC1CCN(S(=O)(=O)c2cccc(C(=O)CNCC(c3cccs3)N3CCCCC3)c2)CC1. The third kappa shape index (κ3) is 6.11. The van der Waals surface area contributed by atoms with Crippen LogP contribution in [-0.2, 0) is 10.0 Å². The molecule has 1 unspecified atom stereocenters. The standard InChI is InChI=1S/C25H35N3O3S2/c1-20-10-14-28(15-11-20)33(30,31)22-8-5-7-21(17-22)24(29)19-26-18-23(25-9-6-16-32-25)27-12-3-2-4-13-27/h5-9,16-17,20,23,26H,2-4,10-15,18-19H2,1H3. The van der Waals surface area contributed by atoms with Crippen molar-refractivity contribution in [3.63, 3.8) is 0 Å². The third-order valence-corrected chi connectivity index (χ3v) is 9.73. The van der Waals surface area contributed by atoms with Gasteiger partial charge in [0.1, 0.15) is 0 Å². The molecule has 1 N–H and O–H groups in total. The highest BCUT2D eigenvalue weighted by molar-refractivity contribution is 7.89. The fourth-order valence-corrected chi connectivity index (χ4v) is 7.13. The number of nitrogens with one attached hydrogen (secondary N) is 1. The Balaban J connectivity index is 1.38. The Hall–Kier alpha value is -1.58. The summed E-state index contributed by atoms with van der Waals surface area (Å²) in [5.41, 5.74) is 0.444. The summed E-state index contributed by atoms with van der Waals surface area (Å²) in [4.78, 5) is 17.0. The number of hydrogen-bond donors (Lipinski definition) is 1. The van der Waals surface area contributed by atoms with E-state index in [2.05, 4.69) is 34.7 Å². The van der Waals surface area contributed by atoms with E-state index in [1.807, 2.05) is 0 Å². The molecule has 0 saturated carbocycles. The molecule has 1 aromatic carbocycles. The van der Waals surface area contributed by atoms with Crippen LogP contribution in [0.3, 0.4) is 0 Å². The first-order valence-electron chi connectivity index (χ1n) is 12.1. The van der Waals surface area contributed by atoms with E-state index < -0.39 is 10.0 Å². The molecule has 6 nitrogen and oxygen atoms in total. The summed E-state index contributed by atoms with van der Waals surface area (Å²) < 4.78 is 27.7. The van der Waals surface area contributed by atoms with Crippen molar-refractivity contribution in [2.45, 2.75) is 50.0 Å². The number of piperidine rings is 2. The van der Waals surface area contributed by atoms with Gasteiger partial charge in [-0.15, -0.1) is 11.3 Å². The van der Waals surface area contributed by atoms with Gasteiger partial charge in [0.2, 0.25) is 10.0 Å². The van der Waals surface area contributed by atoms with Gasteiger partial charge in [0, 0.05) is 30.1 Å². The number of benzene rings is 1. The molecule has 3 heterocycles. The first-order chi connectivity index (χ1) is 15.9. The summed E-state index contributed by atoms with van der Waals surface area (Å²) in [6.45, 7) is 6.33. The fraction of sp³-hybridized carbons (Fsp3) is 0.560. The average molecular weight is 490 g/mol.